The molecule has 118 valence electrons. The molecule has 0 aromatic heterocycles. The molecule has 0 atom stereocenters. The van der Waals surface area contributed by atoms with Crippen molar-refractivity contribution in [1.29, 1.82) is 0 Å². The first-order valence-corrected chi connectivity index (χ1v) is 7.37. The maximum atomic E-state index is 11.9. The number of carbonyl (C=O) groups is 3. The predicted molar refractivity (Wildman–Crippen MR) is 87.1 cm³/mol. The Bertz CT molecular complexity index is 717. The average molecular weight is 331 g/mol. The molecule has 5 nitrogen and oxygen atoms in total. The molecular weight excluding hydrogens is 316 g/mol. The Labute approximate surface area is 138 Å². The second-order valence-corrected chi connectivity index (χ2v) is 5.18. The minimum Gasteiger partial charge on any atom is -0.294 e. The van der Waals surface area contributed by atoms with Gasteiger partial charge < -0.3 is 0 Å². The topological polar surface area (TPSA) is 75.3 Å². The number of benzene rings is 2. The van der Waals surface area contributed by atoms with Crippen molar-refractivity contribution in [2.45, 2.75) is 12.8 Å². The van der Waals surface area contributed by atoms with Crippen LogP contribution in [0.4, 0.5) is 0 Å². The minimum atomic E-state index is -0.515. The molecule has 0 aliphatic carbocycles. The van der Waals surface area contributed by atoms with Gasteiger partial charge in [-0.25, -0.2) is 0 Å². The van der Waals surface area contributed by atoms with E-state index in [0.717, 1.165) is 0 Å². The second kappa shape index (κ2) is 8.10. The summed E-state index contributed by atoms with van der Waals surface area (Å²) in [6.07, 6.45) is 0.0499. The first-order chi connectivity index (χ1) is 11.1. The number of hydrogen-bond donors (Lipinski definition) is 2. The van der Waals surface area contributed by atoms with Crippen LogP contribution >= 0.6 is 11.6 Å². The summed E-state index contributed by atoms with van der Waals surface area (Å²) in [5.41, 5.74) is 5.35. The van der Waals surface area contributed by atoms with Gasteiger partial charge in [-0.3, -0.25) is 25.2 Å². The largest absolute Gasteiger partial charge is 0.294 e. The number of Topliss-reactive ketones (excluding diaryl/α,β-unsaturated/α-hetero) is 1. The first kappa shape index (κ1) is 16.7. The quantitative estimate of drug-likeness (QED) is 0.654. The van der Waals surface area contributed by atoms with Crippen LogP contribution in [0.2, 0.25) is 5.02 Å². The summed E-state index contributed by atoms with van der Waals surface area (Å²) in [7, 11) is 0. The van der Waals surface area contributed by atoms with E-state index in [1.54, 1.807) is 48.5 Å². The Kier molecular flexibility index (Phi) is 5.88. The molecule has 0 heterocycles. The van der Waals surface area contributed by atoms with Gasteiger partial charge in [-0.1, -0.05) is 54.1 Å². The highest BCUT2D eigenvalue weighted by atomic mass is 35.5. The van der Waals surface area contributed by atoms with E-state index < -0.39 is 11.8 Å². The zero-order valence-corrected chi connectivity index (χ0v) is 13.0. The summed E-state index contributed by atoms with van der Waals surface area (Å²) in [5.74, 6) is -1.09. The van der Waals surface area contributed by atoms with Crippen LogP contribution in [0.15, 0.2) is 54.6 Å². The van der Waals surface area contributed by atoms with Crippen molar-refractivity contribution in [2.24, 2.45) is 0 Å². The molecule has 2 aromatic carbocycles. The molecule has 2 rings (SSSR count). The molecular formula is C17H15ClN2O3. The third-order valence-corrected chi connectivity index (χ3v) is 3.44. The van der Waals surface area contributed by atoms with Gasteiger partial charge in [0.25, 0.3) is 5.91 Å². The lowest BCUT2D eigenvalue weighted by Gasteiger charge is -2.08. The van der Waals surface area contributed by atoms with Crippen LogP contribution in [0, 0.1) is 0 Å². The Morgan fingerprint density at radius 1 is 0.826 bits per heavy atom. The Morgan fingerprint density at radius 2 is 1.48 bits per heavy atom. The molecule has 6 heteroatoms. The Hall–Kier alpha value is -2.66. The van der Waals surface area contributed by atoms with Crippen LogP contribution in [0.3, 0.4) is 0 Å². The van der Waals surface area contributed by atoms with E-state index in [0.29, 0.717) is 10.6 Å². The lowest BCUT2D eigenvalue weighted by atomic mass is 10.1. The highest BCUT2D eigenvalue weighted by Crippen LogP contribution is 2.14. The van der Waals surface area contributed by atoms with Gasteiger partial charge in [0.2, 0.25) is 5.91 Å². The van der Waals surface area contributed by atoms with Crippen molar-refractivity contribution in [2.75, 3.05) is 0 Å². The van der Waals surface area contributed by atoms with Gasteiger partial charge in [-0.2, -0.15) is 0 Å². The van der Waals surface area contributed by atoms with Crippen molar-refractivity contribution < 1.29 is 14.4 Å². The van der Waals surface area contributed by atoms with Gasteiger partial charge >= 0.3 is 0 Å². The molecule has 0 unspecified atom stereocenters. The first-order valence-electron chi connectivity index (χ1n) is 7.00. The van der Waals surface area contributed by atoms with Crippen LogP contribution in [-0.2, 0) is 4.79 Å². The van der Waals surface area contributed by atoms with E-state index in [2.05, 4.69) is 10.9 Å². The second-order valence-electron chi connectivity index (χ2n) is 4.77. The van der Waals surface area contributed by atoms with Gasteiger partial charge in [0, 0.05) is 18.4 Å². The molecule has 0 fully saturated rings. The molecule has 0 saturated heterocycles. The van der Waals surface area contributed by atoms with E-state index in [4.69, 9.17) is 11.6 Å². The molecule has 0 spiro atoms. The maximum absolute atomic E-state index is 11.9. The smallest absolute Gasteiger partial charge is 0.271 e. The SMILES string of the molecule is O=C(CCC(=O)c1ccccc1)NNC(=O)c1ccccc1Cl. The van der Waals surface area contributed by atoms with Gasteiger partial charge in [0.15, 0.2) is 5.78 Å². The molecule has 0 aliphatic rings. The van der Waals surface area contributed by atoms with Crippen molar-refractivity contribution in [3.63, 3.8) is 0 Å². The highest BCUT2D eigenvalue weighted by molar-refractivity contribution is 6.33. The summed E-state index contributed by atoms with van der Waals surface area (Å²) in [6, 6.07) is 15.2. The van der Waals surface area contributed by atoms with Crippen molar-refractivity contribution in [3.8, 4) is 0 Å². The fourth-order valence-electron chi connectivity index (χ4n) is 1.90. The molecule has 0 radical (unpaired) electrons. The monoisotopic (exact) mass is 330 g/mol. The zero-order chi connectivity index (χ0) is 16.7. The van der Waals surface area contributed by atoms with Gasteiger partial charge in [0.05, 0.1) is 10.6 Å². The van der Waals surface area contributed by atoms with Gasteiger partial charge in [-0.15, -0.1) is 0 Å². The molecule has 0 saturated carbocycles. The fourth-order valence-corrected chi connectivity index (χ4v) is 2.12. The third kappa shape index (κ3) is 4.93. The molecule has 0 bridgehead atoms. The highest BCUT2D eigenvalue weighted by Gasteiger charge is 2.12. The number of amides is 2. The lowest BCUT2D eigenvalue weighted by molar-refractivity contribution is -0.121. The molecule has 2 amide bonds. The van der Waals surface area contributed by atoms with Crippen molar-refractivity contribution >= 4 is 29.2 Å². The van der Waals surface area contributed by atoms with E-state index in [9.17, 15) is 14.4 Å². The van der Waals surface area contributed by atoms with Gasteiger partial charge in [0.1, 0.15) is 0 Å². The summed E-state index contributed by atoms with van der Waals surface area (Å²) in [6.45, 7) is 0. The van der Waals surface area contributed by atoms with Crippen LogP contribution in [0.5, 0.6) is 0 Å². The summed E-state index contributed by atoms with van der Waals surface area (Å²) in [4.78, 5) is 35.4. The molecule has 2 N–H and O–H groups in total. The summed E-state index contributed by atoms with van der Waals surface area (Å²) >= 11 is 5.89. The normalized spacial score (nSPS) is 9.96. The number of ketones is 1. The van der Waals surface area contributed by atoms with Crippen LogP contribution in [0.1, 0.15) is 33.6 Å². The summed E-state index contributed by atoms with van der Waals surface area (Å²) in [5, 5.41) is 0.290. The van der Waals surface area contributed by atoms with E-state index >= 15 is 0 Å². The Balaban J connectivity index is 1.78. The molecule has 2 aromatic rings. The number of nitrogens with one attached hydrogen (secondary N) is 2. The number of hydrogen-bond acceptors (Lipinski definition) is 3. The van der Waals surface area contributed by atoms with E-state index in [1.165, 1.54) is 0 Å². The number of carbonyl (C=O) groups excluding carboxylic acids is 3. The summed E-state index contributed by atoms with van der Waals surface area (Å²) < 4.78 is 0. The number of hydrazine groups is 1. The van der Waals surface area contributed by atoms with Crippen LogP contribution < -0.4 is 10.9 Å². The molecule has 0 aliphatic heterocycles. The predicted octanol–water partition coefficient (Wildman–Crippen LogP) is 2.76. The van der Waals surface area contributed by atoms with Crippen molar-refractivity contribution in [3.05, 3.63) is 70.7 Å². The standard InChI is InChI=1S/C17H15ClN2O3/c18-14-9-5-4-8-13(14)17(23)20-19-16(22)11-10-15(21)12-6-2-1-3-7-12/h1-9H,10-11H2,(H,19,22)(H,20,23). The maximum Gasteiger partial charge on any atom is 0.271 e. The zero-order valence-electron chi connectivity index (χ0n) is 12.2. The Morgan fingerprint density at radius 3 is 2.17 bits per heavy atom. The minimum absolute atomic E-state index is 0.0173. The average Bonchev–Trinajstić information content (AvgIpc) is 2.58. The van der Waals surface area contributed by atoms with E-state index in [-0.39, 0.29) is 24.2 Å². The number of halogens is 1. The molecule has 23 heavy (non-hydrogen) atoms. The number of rotatable bonds is 5. The van der Waals surface area contributed by atoms with E-state index in [1.807, 2.05) is 6.07 Å². The van der Waals surface area contributed by atoms with Crippen molar-refractivity contribution in [1.82, 2.24) is 10.9 Å². The third-order valence-electron chi connectivity index (χ3n) is 3.11. The van der Waals surface area contributed by atoms with Crippen LogP contribution in [-0.4, -0.2) is 17.6 Å². The fraction of sp³-hybridized carbons (Fsp3) is 0.118. The lowest BCUT2D eigenvalue weighted by Crippen LogP contribution is -2.41. The van der Waals surface area contributed by atoms with Crippen LogP contribution in [0.25, 0.3) is 0 Å². The van der Waals surface area contributed by atoms with Gasteiger partial charge in [-0.05, 0) is 12.1 Å².